The molecule has 1 saturated heterocycles. The van der Waals surface area contributed by atoms with Gasteiger partial charge in [-0.25, -0.2) is 14.4 Å². The van der Waals surface area contributed by atoms with Gasteiger partial charge in [-0.2, -0.15) is 0 Å². The van der Waals surface area contributed by atoms with Gasteiger partial charge in [0.25, 0.3) is 0 Å². The zero-order valence-electron chi connectivity index (χ0n) is 30.4. The number of hydrogen-bond donors (Lipinski definition) is 4. The summed E-state index contributed by atoms with van der Waals surface area (Å²) in [4.78, 5) is 36.7. The second kappa shape index (κ2) is 18.6. The van der Waals surface area contributed by atoms with Gasteiger partial charge in [-0.1, -0.05) is 70.1 Å². The first-order chi connectivity index (χ1) is 22.8. The molecule has 12 heteroatoms. The standard InChI is InChI=1S/C37H56O12/c1-20-12-11-13-28(45-9)35(48-36(43)29(46-10)18-21(2)17-23(4)33(41)22(3)16-20)25(6)34(42)26(7)37(44)19-30(24(5)27(8)49-37)47-32(40)15-14-31(38)39/h11-15,17-18,22-28,30,33-35,41-42,44H,16,19H2,1-10H3,(H,38,39)/b13-11+,15-14+,20-12+,21-17+,29-18-/t22-,23+,24+,25-,26-,27+,28-,30+,33-,34+,35+,37+/m0/s1. The molecule has 0 spiro atoms. The number of methoxy groups -OCH3 is 2. The minimum Gasteiger partial charge on any atom is -0.490 e. The topological polar surface area (TPSA) is 178 Å². The highest BCUT2D eigenvalue weighted by Gasteiger charge is 2.51. The van der Waals surface area contributed by atoms with E-state index in [1.54, 1.807) is 46.8 Å². The number of carboxylic acids is 1. The van der Waals surface area contributed by atoms with Crippen molar-refractivity contribution in [2.24, 2.45) is 29.6 Å². The SMILES string of the molecule is CO/C1=C\C(C)=C\[C@@H](C)[C@@H](O)[C@@H](C)C/C(C)=C/C=C/[C@H](OC)[C@@H]([C@@H](C)[C@@H](O)[C@H](C)[C@@]2(O)C[C@@H](OC(=O)/C=C/C(=O)O)[C@H](C)[C@@H](C)O2)OC1=O. The lowest BCUT2D eigenvalue weighted by molar-refractivity contribution is -0.319. The van der Waals surface area contributed by atoms with Crippen LogP contribution in [0.2, 0.25) is 0 Å². The van der Waals surface area contributed by atoms with Crippen molar-refractivity contribution in [1.82, 2.24) is 0 Å². The molecule has 0 aliphatic carbocycles. The molecule has 276 valence electrons. The van der Waals surface area contributed by atoms with Crippen LogP contribution >= 0.6 is 0 Å². The largest absolute Gasteiger partial charge is 0.490 e. The van der Waals surface area contributed by atoms with E-state index in [2.05, 4.69) is 0 Å². The third kappa shape index (κ3) is 11.6. The number of carbonyl (C=O) groups excluding carboxylic acids is 2. The molecule has 0 radical (unpaired) electrons. The van der Waals surface area contributed by atoms with Crippen molar-refractivity contribution in [2.75, 3.05) is 14.2 Å². The van der Waals surface area contributed by atoms with Crippen LogP contribution in [0.5, 0.6) is 0 Å². The van der Waals surface area contributed by atoms with Gasteiger partial charge >= 0.3 is 17.9 Å². The Bertz CT molecular complexity index is 1300. The number of ether oxygens (including phenoxy) is 5. The fourth-order valence-electron chi connectivity index (χ4n) is 6.43. The maximum atomic E-state index is 13.6. The lowest BCUT2D eigenvalue weighted by Gasteiger charge is -2.48. The summed E-state index contributed by atoms with van der Waals surface area (Å²) in [5.74, 6) is -7.51. The van der Waals surface area contributed by atoms with Crippen molar-refractivity contribution in [3.63, 3.8) is 0 Å². The molecular formula is C37H56O12. The molecule has 0 aromatic heterocycles. The maximum absolute atomic E-state index is 13.6. The summed E-state index contributed by atoms with van der Waals surface area (Å²) in [7, 11) is 2.79. The third-order valence-electron chi connectivity index (χ3n) is 9.71. The first kappa shape index (κ1) is 41.9. The molecule has 1 fully saturated rings. The second-order valence-corrected chi connectivity index (χ2v) is 13.6. The Labute approximate surface area is 290 Å². The van der Waals surface area contributed by atoms with Crippen molar-refractivity contribution in [3.05, 3.63) is 59.4 Å². The Morgan fingerprint density at radius 3 is 2.35 bits per heavy atom. The summed E-state index contributed by atoms with van der Waals surface area (Å²) in [6, 6.07) is 0. The Morgan fingerprint density at radius 1 is 1.10 bits per heavy atom. The van der Waals surface area contributed by atoms with E-state index in [1.165, 1.54) is 20.3 Å². The normalized spacial score (nSPS) is 38.0. The van der Waals surface area contributed by atoms with E-state index in [9.17, 15) is 29.7 Å². The average Bonchev–Trinajstić information content (AvgIpc) is 3.03. The maximum Gasteiger partial charge on any atom is 0.373 e. The summed E-state index contributed by atoms with van der Waals surface area (Å²) in [6.07, 6.45) is 5.34. The average molecular weight is 693 g/mol. The van der Waals surface area contributed by atoms with Crippen molar-refractivity contribution in [3.8, 4) is 0 Å². The number of aliphatic carboxylic acids is 1. The van der Waals surface area contributed by atoms with E-state index in [-0.39, 0.29) is 29.9 Å². The van der Waals surface area contributed by atoms with E-state index in [4.69, 9.17) is 28.8 Å². The van der Waals surface area contributed by atoms with Crippen LogP contribution in [-0.2, 0) is 38.1 Å². The first-order valence-corrected chi connectivity index (χ1v) is 16.7. The molecule has 2 aliphatic heterocycles. The number of rotatable bonds is 9. The van der Waals surface area contributed by atoms with Gasteiger partial charge in [-0.05, 0) is 39.2 Å². The van der Waals surface area contributed by atoms with Gasteiger partial charge in [-0.3, -0.25) is 0 Å². The van der Waals surface area contributed by atoms with Crippen LogP contribution in [0.25, 0.3) is 0 Å². The number of aliphatic hydroxyl groups excluding tert-OH is 2. The molecule has 0 aromatic carbocycles. The highest BCUT2D eigenvalue weighted by molar-refractivity contribution is 5.90. The highest BCUT2D eigenvalue weighted by atomic mass is 16.6. The van der Waals surface area contributed by atoms with E-state index in [0.29, 0.717) is 18.1 Å². The molecule has 4 N–H and O–H groups in total. The van der Waals surface area contributed by atoms with Crippen LogP contribution in [0, 0.1) is 29.6 Å². The number of hydrogen-bond acceptors (Lipinski definition) is 11. The van der Waals surface area contributed by atoms with Gasteiger partial charge in [0.1, 0.15) is 18.3 Å². The predicted octanol–water partition coefficient (Wildman–Crippen LogP) is 4.25. The third-order valence-corrected chi connectivity index (χ3v) is 9.71. The second-order valence-electron chi connectivity index (χ2n) is 13.6. The van der Waals surface area contributed by atoms with Crippen LogP contribution in [0.15, 0.2) is 59.4 Å². The number of aliphatic hydroxyl groups is 3. The Hall–Kier alpha value is -3.29. The minimum atomic E-state index is -1.97. The van der Waals surface area contributed by atoms with E-state index < -0.39 is 72.2 Å². The minimum absolute atomic E-state index is 0.0436. The van der Waals surface area contributed by atoms with Crippen LogP contribution in [0.3, 0.4) is 0 Å². The van der Waals surface area contributed by atoms with Crippen LogP contribution in [0.4, 0.5) is 0 Å². The van der Waals surface area contributed by atoms with Crippen LogP contribution in [-0.4, -0.2) is 95.0 Å². The fourth-order valence-corrected chi connectivity index (χ4v) is 6.43. The van der Waals surface area contributed by atoms with Gasteiger partial charge in [0.15, 0.2) is 5.79 Å². The van der Waals surface area contributed by atoms with Crippen molar-refractivity contribution in [2.45, 2.75) is 111 Å². The van der Waals surface area contributed by atoms with Gasteiger partial charge in [0, 0.05) is 49.4 Å². The lowest BCUT2D eigenvalue weighted by atomic mass is 9.77. The lowest BCUT2D eigenvalue weighted by Crippen LogP contribution is -2.58. The Kier molecular flexibility index (Phi) is 15.9. The molecule has 0 bridgehead atoms. The number of carboxylic acid groups (broad SMARTS) is 1. The summed E-state index contributed by atoms with van der Waals surface area (Å²) in [6.45, 7) is 14.4. The molecule has 2 aliphatic rings. The molecule has 12 nitrogen and oxygen atoms in total. The molecule has 2 heterocycles. The number of cyclic esters (lactones) is 1. The summed E-state index contributed by atoms with van der Waals surface area (Å²) >= 11 is 0. The Morgan fingerprint density at radius 2 is 1.76 bits per heavy atom. The first-order valence-electron chi connectivity index (χ1n) is 16.7. The van der Waals surface area contributed by atoms with Crippen molar-refractivity contribution >= 4 is 17.9 Å². The summed E-state index contributed by atoms with van der Waals surface area (Å²) < 4.78 is 28.7. The van der Waals surface area contributed by atoms with E-state index >= 15 is 0 Å². The molecule has 0 amide bonds. The molecular weight excluding hydrogens is 636 g/mol. The molecule has 0 aromatic rings. The van der Waals surface area contributed by atoms with Gasteiger partial charge in [0.05, 0.1) is 25.4 Å². The fraction of sp³-hybridized carbons (Fsp3) is 0.649. The number of esters is 2. The highest BCUT2D eigenvalue weighted by Crippen LogP contribution is 2.41. The number of carbonyl (C=O) groups is 3. The monoisotopic (exact) mass is 692 g/mol. The quantitative estimate of drug-likeness (QED) is 0.200. The van der Waals surface area contributed by atoms with Gasteiger partial charge in [0.2, 0.25) is 5.76 Å². The molecule has 0 unspecified atom stereocenters. The molecule has 2 rings (SSSR count). The smallest absolute Gasteiger partial charge is 0.373 e. The predicted molar refractivity (Wildman–Crippen MR) is 182 cm³/mol. The van der Waals surface area contributed by atoms with Gasteiger partial charge in [-0.15, -0.1) is 0 Å². The summed E-state index contributed by atoms with van der Waals surface area (Å²) in [5.41, 5.74) is 1.70. The van der Waals surface area contributed by atoms with E-state index in [0.717, 1.165) is 11.6 Å². The van der Waals surface area contributed by atoms with Crippen molar-refractivity contribution < 1.29 is 58.5 Å². The van der Waals surface area contributed by atoms with Crippen molar-refractivity contribution in [1.29, 1.82) is 0 Å². The Balaban J connectivity index is 2.49. The summed E-state index contributed by atoms with van der Waals surface area (Å²) in [5, 5.41) is 43.3. The van der Waals surface area contributed by atoms with Gasteiger partial charge < -0.3 is 44.1 Å². The number of allylic oxidation sites excluding steroid dienone is 5. The molecule has 12 atom stereocenters. The zero-order valence-corrected chi connectivity index (χ0v) is 30.4. The molecule has 49 heavy (non-hydrogen) atoms. The molecule has 0 saturated carbocycles. The zero-order chi connectivity index (χ0) is 37.2. The van der Waals surface area contributed by atoms with Crippen LogP contribution in [0.1, 0.15) is 68.2 Å². The van der Waals surface area contributed by atoms with Crippen LogP contribution < -0.4 is 0 Å². The van der Waals surface area contributed by atoms with E-state index in [1.807, 2.05) is 32.9 Å².